The Morgan fingerprint density at radius 1 is 1.29 bits per heavy atom. The molecule has 1 fully saturated rings. The number of hydrogen-bond acceptors (Lipinski definition) is 2. The summed E-state index contributed by atoms with van der Waals surface area (Å²) in [7, 11) is 0. The minimum atomic E-state index is -0.248. The quantitative estimate of drug-likeness (QED) is 0.766. The number of hydrogen-bond donors (Lipinski definition) is 1. The molecule has 98 valence electrons. The van der Waals surface area contributed by atoms with E-state index >= 15 is 0 Å². The number of nitrogens with one attached hydrogen (secondary N) is 1. The van der Waals surface area contributed by atoms with E-state index in [2.05, 4.69) is 19.2 Å². The van der Waals surface area contributed by atoms with E-state index in [9.17, 15) is 9.59 Å². The van der Waals surface area contributed by atoms with Crippen molar-refractivity contribution >= 4 is 11.8 Å². The van der Waals surface area contributed by atoms with Gasteiger partial charge in [0.25, 0.3) is 0 Å². The highest BCUT2D eigenvalue weighted by atomic mass is 16.2. The maximum atomic E-state index is 11.9. The molecule has 1 heterocycles. The highest BCUT2D eigenvalue weighted by Gasteiger charge is 2.34. The molecule has 2 amide bonds. The van der Waals surface area contributed by atoms with E-state index in [4.69, 9.17) is 0 Å². The van der Waals surface area contributed by atoms with Gasteiger partial charge in [-0.05, 0) is 12.3 Å². The van der Waals surface area contributed by atoms with Crippen LogP contribution in [0.1, 0.15) is 46.5 Å². The smallest absolute Gasteiger partial charge is 0.243 e. The van der Waals surface area contributed by atoms with Crippen molar-refractivity contribution in [3.8, 4) is 0 Å². The van der Waals surface area contributed by atoms with E-state index < -0.39 is 0 Å². The summed E-state index contributed by atoms with van der Waals surface area (Å²) in [5, 5.41) is 2.68. The first-order chi connectivity index (χ1) is 8.13. The lowest BCUT2D eigenvalue weighted by atomic mass is 9.99. The monoisotopic (exact) mass is 240 g/mol. The van der Waals surface area contributed by atoms with Crippen molar-refractivity contribution in [3.05, 3.63) is 0 Å². The number of rotatable bonds is 6. The Bertz CT molecular complexity index is 275. The van der Waals surface area contributed by atoms with Gasteiger partial charge < -0.3 is 10.2 Å². The predicted molar refractivity (Wildman–Crippen MR) is 67.5 cm³/mol. The van der Waals surface area contributed by atoms with Crippen LogP contribution in [-0.4, -0.2) is 35.8 Å². The molecule has 1 saturated heterocycles. The van der Waals surface area contributed by atoms with E-state index in [1.807, 2.05) is 6.92 Å². The summed E-state index contributed by atoms with van der Waals surface area (Å²) in [6.45, 7) is 7.21. The van der Waals surface area contributed by atoms with Crippen LogP contribution in [0.5, 0.6) is 0 Å². The van der Waals surface area contributed by atoms with Gasteiger partial charge in [-0.25, -0.2) is 0 Å². The molecule has 0 saturated carbocycles. The fourth-order valence-corrected chi connectivity index (χ4v) is 2.31. The minimum absolute atomic E-state index is 0.0115. The molecule has 0 aromatic carbocycles. The fourth-order valence-electron chi connectivity index (χ4n) is 2.31. The second kappa shape index (κ2) is 6.62. The first-order valence-corrected chi connectivity index (χ1v) is 6.71. The molecule has 1 unspecified atom stereocenters. The van der Waals surface area contributed by atoms with Crippen LogP contribution in [-0.2, 0) is 9.59 Å². The maximum Gasteiger partial charge on any atom is 0.243 e. The highest BCUT2D eigenvalue weighted by molar-refractivity contribution is 5.94. The summed E-state index contributed by atoms with van der Waals surface area (Å²) in [4.78, 5) is 25.5. The Morgan fingerprint density at radius 3 is 2.47 bits per heavy atom. The van der Waals surface area contributed by atoms with E-state index in [0.29, 0.717) is 5.92 Å². The number of piperazine rings is 1. The van der Waals surface area contributed by atoms with Crippen molar-refractivity contribution in [2.45, 2.75) is 52.5 Å². The van der Waals surface area contributed by atoms with Crippen molar-refractivity contribution in [1.29, 1.82) is 0 Å². The molecule has 0 radical (unpaired) electrons. The Morgan fingerprint density at radius 2 is 1.94 bits per heavy atom. The molecule has 1 aliphatic rings. The number of nitrogens with zero attached hydrogens (tertiary/aromatic N) is 1. The minimum Gasteiger partial charge on any atom is -0.345 e. The van der Waals surface area contributed by atoms with Crippen LogP contribution < -0.4 is 5.32 Å². The first-order valence-electron chi connectivity index (χ1n) is 6.71. The van der Waals surface area contributed by atoms with E-state index in [-0.39, 0.29) is 24.4 Å². The van der Waals surface area contributed by atoms with Gasteiger partial charge in [-0.3, -0.25) is 9.59 Å². The van der Waals surface area contributed by atoms with Gasteiger partial charge in [0.15, 0.2) is 0 Å². The van der Waals surface area contributed by atoms with Crippen molar-refractivity contribution < 1.29 is 9.59 Å². The van der Waals surface area contributed by atoms with Crippen LogP contribution in [0.25, 0.3) is 0 Å². The van der Waals surface area contributed by atoms with Gasteiger partial charge in [0.2, 0.25) is 11.8 Å². The number of amides is 2. The van der Waals surface area contributed by atoms with E-state index in [0.717, 1.165) is 32.2 Å². The normalized spacial score (nSPS) is 20.9. The molecule has 1 aliphatic heterocycles. The number of carbonyl (C=O) groups is 2. The van der Waals surface area contributed by atoms with Gasteiger partial charge in [0.1, 0.15) is 6.04 Å². The van der Waals surface area contributed by atoms with Crippen molar-refractivity contribution in [3.63, 3.8) is 0 Å². The fraction of sp³-hybridized carbons (Fsp3) is 0.846. The standard InChI is InChI=1S/C13H24N2O2/c1-4-7-11-13(17)14-8-12(16)15(11)9-10(5-2)6-3/h10-11H,4-9H2,1-3H3,(H,14,17). The topological polar surface area (TPSA) is 49.4 Å². The van der Waals surface area contributed by atoms with Gasteiger partial charge in [-0.15, -0.1) is 0 Å². The SMILES string of the molecule is CCCC1C(=O)NCC(=O)N1CC(CC)CC. The molecule has 17 heavy (non-hydrogen) atoms. The molecule has 4 nitrogen and oxygen atoms in total. The van der Waals surface area contributed by atoms with Gasteiger partial charge >= 0.3 is 0 Å². The number of carbonyl (C=O) groups excluding carboxylic acids is 2. The van der Waals surface area contributed by atoms with Gasteiger partial charge in [-0.2, -0.15) is 0 Å². The predicted octanol–water partition coefficient (Wildman–Crippen LogP) is 1.55. The lowest BCUT2D eigenvalue weighted by molar-refractivity contribution is -0.146. The summed E-state index contributed by atoms with van der Waals surface area (Å²) in [5.41, 5.74) is 0. The third kappa shape index (κ3) is 3.45. The van der Waals surface area contributed by atoms with Crippen molar-refractivity contribution in [2.75, 3.05) is 13.1 Å². The summed E-state index contributed by atoms with van der Waals surface area (Å²) in [6.07, 6.45) is 3.80. The molecule has 1 atom stereocenters. The van der Waals surface area contributed by atoms with Gasteiger partial charge in [0, 0.05) is 6.54 Å². The molecule has 0 aliphatic carbocycles. The second-order valence-electron chi connectivity index (χ2n) is 4.75. The molecule has 1 N–H and O–H groups in total. The Labute approximate surface area is 104 Å². The van der Waals surface area contributed by atoms with Crippen LogP contribution in [0.3, 0.4) is 0 Å². The molecule has 1 rings (SSSR count). The van der Waals surface area contributed by atoms with Gasteiger partial charge in [0.05, 0.1) is 6.54 Å². The van der Waals surface area contributed by atoms with Crippen LogP contribution in [0, 0.1) is 5.92 Å². The second-order valence-corrected chi connectivity index (χ2v) is 4.75. The first kappa shape index (κ1) is 14.0. The average Bonchev–Trinajstić information content (AvgIpc) is 2.34. The van der Waals surface area contributed by atoms with Crippen LogP contribution >= 0.6 is 0 Å². The molecule has 0 aromatic heterocycles. The van der Waals surface area contributed by atoms with Crippen molar-refractivity contribution in [1.82, 2.24) is 10.2 Å². The van der Waals surface area contributed by atoms with Crippen LogP contribution in [0.15, 0.2) is 0 Å². The molecular formula is C13H24N2O2. The summed E-state index contributed by atoms with van der Waals surface area (Å²) in [6, 6.07) is -0.248. The Hall–Kier alpha value is -1.06. The largest absolute Gasteiger partial charge is 0.345 e. The molecular weight excluding hydrogens is 216 g/mol. The third-order valence-corrected chi connectivity index (χ3v) is 3.58. The summed E-state index contributed by atoms with van der Waals surface area (Å²) < 4.78 is 0. The average molecular weight is 240 g/mol. The zero-order valence-corrected chi connectivity index (χ0v) is 11.2. The Balaban J connectivity index is 2.73. The molecule has 0 aromatic rings. The summed E-state index contributed by atoms with van der Waals surface area (Å²) in [5.74, 6) is 0.580. The lowest BCUT2D eigenvalue weighted by Gasteiger charge is -2.36. The summed E-state index contributed by atoms with van der Waals surface area (Å²) >= 11 is 0. The van der Waals surface area contributed by atoms with Crippen LogP contribution in [0.4, 0.5) is 0 Å². The Kier molecular flexibility index (Phi) is 5.45. The van der Waals surface area contributed by atoms with E-state index in [1.54, 1.807) is 4.90 Å². The van der Waals surface area contributed by atoms with E-state index in [1.165, 1.54) is 0 Å². The molecule has 0 spiro atoms. The maximum absolute atomic E-state index is 11.9. The molecule has 0 bridgehead atoms. The third-order valence-electron chi connectivity index (χ3n) is 3.58. The van der Waals surface area contributed by atoms with Crippen LogP contribution in [0.2, 0.25) is 0 Å². The zero-order chi connectivity index (χ0) is 12.8. The zero-order valence-electron chi connectivity index (χ0n) is 11.2. The highest BCUT2D eigenvalue weighted by Crippen LogP contribution is 2.17. The lowest BCUT2D eigenvalue weighted by Crippen LogP contribution is -2.59. The molecule has 4 heteroatoms. The van der Waals surface area contributed by atoms with Crippen molar-refractivity contribution in [2.24, 2.45) is 5.92 Å². The van der Waals surface area contributed by atoms with Gasteiger partial charge in [-0.1, -0.05) is 40.0 Å².